The van der Waals surface area contributed by atoms with E-state index in [-0.39, 0.29) is 5.54 Å². The highest BCUT2D eigenvalue weighted by Gasteiger charge is 2.21. The van der Waals surface area contributed by atoms with Gasteiger partial charge >= 0.3 is 0 Å². The van der Waals surface area contributed by atoms with E-state index in [1.54, 1.807) is 13.3 Å². The van der Waals surface area contributed by atoms with Gasteiger partial charge in [-0.1, -0.05) is 6.92 Å². The predicted octanol–water partition coefficient (Wildman–Crippen LogP) is 1.72. The molecule has 5 heteroatoms. The predicted molar refractivity (Wildman–Crippen MR) is 71.8 cm³/mol. The van der Waals surface area contributed by atoms with Gasteiger partial charge in [0.25, 0.3) is 0 Å². The molecule has 0 spiro atoms. The molecule has 1 heterocycles. The van der Waals surface area contributed by atoms with Crippen molar-refractivity contribution in [3.05, 3.63) is 11.9 Å². The summed E-state index contributed by atoms with van der Waals surface area (Å²) in [6.45, 7) is 9.55. The molecule has 104 valence electrons. The van der Waals surface area contributed by atoms with Crippen LogP contribution in [0, 0.1) is 0 Å². The average Bonchev–Trinajstić information content (AvgIpc) is 2.68. The topological polar surface area (TPSA) is 59.3 Å². The minimum atomic E-state index is -0.617. The smallest absolute Gasteiger partial charge is 0.162 e. The van der Waals surface area contributed by atoms with Crippen molar-refractivity contribution in [1.82, 2.24) is 15.1 Å². The van der Waals surface area contributed by atoms with Crippen molar-refractivity contribution in [1.29, 1.82) is 0 Å². The maximum atomic E-state index is 10.3. The zero-order valence-electron chi connectivity index (χ0n) is 12.0. The van der Waals surface area contributed by atoms with Crippen LogP contribution in [-0.2, 0) is 6.54 Å². The van der Waals surface area contributed by atoms with Crippen molar-refractivity contribution in [2.45, 2.75) is 52.3 Å². The van der Waals surface area contributed by atoms with Gasteiger partial charge in [-0.15, -0.1) is 0 Å². The summed E-state index contributed by atoms with van der Waals surface area (Å²) in [6, 6.07) is 0. The van der Waals surface area contributed by atoms with Crippen LogP contribution in [0.2, 0.25) is 0 Å². The van der Waals surface area contributed by atoms with E-state index >= 15 is 0 Å². The lowest BCUT2D eigenvalue weighted by atomic mass is 10.1. The molecule has 18 heavy (non-hydrogen) atoms. The summed E-state index contributed by atoms with van der Waals surface area (Å²) >= 11 is 0. The molecule has 1 aromatic rings. The van der Waals surface area contributed by atoms with Crippen LogP contribution in [-0.4, -0.2) is 34.1 Å². The van der Waals surface area contributed by atoms with Gasteiger partial charge in [-0.3, -0.25) is 4.68 Å². The molecule has 1 rings (SSSR count). The van der Waals surface area contributed by atoms with Gasteiger partial charge in [-0.05, 0) is 27.2 Å². The van der Waals surface area contributed by atoms with E-state index in [0.29, 0.717) is 12.3 Å². The van der Waals surface area contributed by atoms with Gasteiger partial charge in [-0.25, -0.2) is 0 Å². The van der Waals surface area contributed by atoms with Crippen molar-refractivity contribution in [3.8, 4) is 5.75 Å². The Bertz CT molecular complexity index is 369. The van der Waals surface area contributed by atoms with Gasteiger partial charge in [0.2, 0.25) is 0 Å². The second-order valence-electron chi connectivity index (χ2n) is 5.47. The third kappa shape index (κ3) is 3.99. The number of hydrogen-bond acceptors (Lipinski definition) is 4. The van der Waals surface area contributed by atoms with Crippen LogP contribution >= 0.6 is 0 Å². The summed E-state index contributed by atoms with van der Waals surface area (Å²) in [5.74, 6) is 0.645. The second-order valence-corrected chi connectivity index (χ2v) is 5.47. The van der Waals surface area contributed by atoms with Crippen molar-refractivity contribution in [2.75, 3.05) is 13.7 Å². The number of rotatable bonds is 6. The highest BCUT2D eigenvalue weighted by atomic mass is 16.5. The lowest BCUT2D eigenvalue weighted by Crippen LogP contribution is -2.39. The van der Waals surface area contributed by atoms with Gasteiger partial charge in [0.1, 0.15) is 11.8 Å². The zero-order valence-corrected chi connectivity index (χ0v) is 12.0. The monoisotopic (exact) mass is 255 g/mol. The van der Waals surface area contributed by atoms with E-state index in [2.05, 4.69) is 38.1 Å². The first-order valence-electron chi connectivity index (χ1n) is 6.41. The molecule has 0 saturated heterocycles. The summed E-state index contributed by atoms with van der Waals surface area (Å²) in [4.78, 5) is 0. The fourth-order valence-corrected chi connectivity index (χ4v) is 1.76. The Labute approximate surface area is 109 Å². The van der Waals surface area contributed by atoms with E-state index in [0.717, 1.165) is 18.7 Å². The van der Waals surface area contributed by atoms with E-state index in [9.17, 15) is 5.11 Å². The third-order valence-electron chi connectivity index (χ3n) is 2.64. The van der Waals surface area contributed by atoms with Crippen LogP contribution in [0.4, 0.5) is 0 Å². The molecule has 0 saturated carbocycles. The summed E-state index contributed by atoms with van der Waals surface area (Å²) in [7, 11) is 1.60. The van der Waals surface area contributed by atoms with Crippen molar-refractivity contribution < 1.29 is 9.84 Å². The molecule has 0 aliphatic heterocycles. The highest BCUT2D eigenvalue weighted by molar-refractivity contribution is 5.27. The first-order valence-corrected chi connectivity index (χ1v) is 6.41. The number of aryl methyl sites for hydroxylation is 1. The number of ether oxygens (including phenoxy) is 1. The molecular formula is C13H25N3O2. The van der Waals surface area contributed by atoms with Crippen LogP contribution in [0.3, 0.4) is 0 Å². The SMILES string of the molecule is CCCn1ncc(OC)c1C(O)CNC(C)(C)C. The Morgan fingerprint density at radius 1 is 1.50 bits per heavy atom. The van der Waals surface area contributed by atoms with E-state index in [4.69, 9.17) is 4.74 Å². The van der Waals surface area contributed by atoms with Gasteiger partial charge in [0.05, 0.1) is 13.3 Å². The van der Waals surface area contributed by atoms with Crippen LogP contribution in [0.25, 0.3) is 0 Å². The molecule has 0 fully saturated rings. The summed E-state index contributed by atoms with van der Waals surface area (Å²) in [6.07, 6.45) is 2.01. The molecule has 1 atom stereocenters. The van der Waals surface area contributed by atoms with Crippen LogP contribution in [0.5, 0.6) is 5.75 Å². The molecular weight excluding hydrogens is 230 g/mol. The number of aromatic nitrogens is 2. The molecule has 1 unspecified atom stereocenters. The summed E-state index contributed by atoms with van der Waals surface area (Å²) in [5.41, 5.74) is 0.722. The maximum Gasteiger partial charge on any atom is 0.162 e. The zero-order chi connectivity index (χ0) is 13.8. The summed E-state index contributed by atoms with van der Waals surface area (Å²) < 4.78 is 7.07. The Morgan fingerprint density at radius 3 is 2.67 bits per heavy atom. The second kappa shape index (κ2) is 6.20. The van der Waals surface area contributed by atoms with E-state index in [1.807, 2.05) is 4.68 Å². The molecule has 0 aliphatic rings. The highest BCUT2D eigenvalue weighted by Crippen LogP contribution is 2.25. The lowest BCUT2D eigenvalue weighted by molar-refractivity contribution is 0.149. The minimum absolute atomic E-state index is 0.0240. The molecule has 0 radical (unpaired) electrons. The van der Waals surface area contributed by atoms with Crippen LogP contribution in [0.15, 0.2) is 6.20 Å². The third-order valence-corrected chi connectivity index (χ3v) is 2.64. The van der Waals surface area contributed by atoms with Crippen molar-refractivity contribution in [2.24, 2.45) is 0 Å². The Morgan fingerprint density at radius 2 is 2.17 bits per heavy atom. The number of aliphatic hydroxyl groups is 1. The fourth-order valence-electron chi connectivity index (χ4n) is 1.76. The normalized spacial score (nSPS) is 13.7. The average molecular weight is 255 g/mol. The van der Waals surface area contributed by atoms with Gasteiger partial charge in [0, 0.05) is 18.6 Å². The minimum Gasteiger partial charge on any atom is -0.493 e. The van der Waals surface area contributed by atoms with Crippen LogP contribution < -0.4 is 10.1 Å². The van der Waals surface area contributed by atoms with E-state index in [1.165, 1.54) is 0 Å². The number of nitrogens with one attached hydrogen (secondary N) is 1. The Balaban J connectivity index is 2.82. The molecule has 2 N–H and O–H groups in total. The van der Waals surface area contributed by atoms with E-state index < -0.39 is 6.10 Å². The molecule has 0 aliphatic carbocycles. The molecule has 0 bridgehead atoms. The Hall–Kier alpha value is -1.07. The first-order chi connectivity index (χ1) is 8.39. The van der Waals surface area contributed by atoms with Gasteiger partial charge < -0.3 is 15.2 Å². The largest absolute Gasteiger partial charge is 0.493 e. The van der Waals surface area contributed by atoms with Gasteiger partial charge in [-0.2, -0.15) is 5.10 Å². The Kier molecular flexibility index (Phi) is 5.16. The molecule has 5 nitrogen and oxygen atoms in total. The standard InChI is InChI=1S/C13H25N3O2/c1-6-7-16-12(11(18-5)9-15-16)10(17)8-14-13(2,3)4/h9-10,14,17H,6-8H2,1-5H3. The first kappa shape index (κ1) is 15.0. The van der Waals surface area contributed by atoms with Crippen LogP contribution in [0.1, 0.15) is 45.9 Å². The fraction of sp³-hybridized carbons (Fsp3) is 0.769. The number of β-amino-alcohol motifs (C(OH)–C–C–N with tert-alkyl or cyclic N) is 1. The lowest BCUT2D eigenvalue weighted by Gasteiger charge is -2.23. The molecule has 1 aromatic heterocycles. The number of hydrogen-bond donors (Lipinski definition) is 2. The quantitative estimate of drug-likeness (QED) is 0.812. The number of aliphatic hydroxyl groups excluding tert-OH is 1. The van der Waals surface area contributed by atoms with Crippen molar-refractivity contribution in [3.63, 3.8) is 0 Å². The summed E-state index contributed by atoms with van der Waals surface area (Å²) in [5, 5.41) is 17.8. The maximum absolute atomic E-state index is 10.3. The molecule has 0 aromatic carbocycles. The van der Waals surface area contributed by atoms with Gasteiger partial charge in [0.15, 0.2) is 5.75 Å². The number of methoxy groups -OCH3 is 1. The van der Waals surface area contributed by atoms with Crippen molar-refractivity contribution >= 4 is 0 Å². The molecule has 0 amide bonds. The number of nitrogens with zero attached hydrogens (tertiary/aromatic N) is 2.